The molecule has 42 heavy (non-hydrogen) atoms. The predicted molar refractivity (Wildman–Crippen MR) is 152 cm³/mol. The fourth-order valence-corrected chi connectivity index (χ4v) is 4.16. The van der Waals surface area contributed by atoms with E-state index in [1.165, 1.54) is 0 Å². The Labute approximate surface area is 243 Å². The monoisotopic (exact) mass is 584 g/mol. The van der Waals surface area contributed by atoms with E-state index in [2.05, 4.69) is 23.8 Å². The van der Waals surface area contributed by atoms with E-state index in [1.54, 1.807) is 12.1 Å². The van der Waals surface area contributed by atoms with Crippen LogP contribution in [-0.4, -0.2) is 76.9 Å². The number of aryl methyl sites for hydroxylation is 1. The van der Waals surface area contributed by atoms with Crippen molar-refractivity contribution >= 4 is 34.9 Å². The summed E-state index contributed by atoms with van der Waals surface area (Å²) in [6, 6.07) is 9.37. The highest BCUT2D eigenvalue weighted by Gasteiger charge is 2.24. The molecule has 1 unspecified atom stereocenters. The van der Waals surface area contributed by atoms with Gasteiger partial charge in [0.25, 0.3) is 0 Å². The molecule has 0 saturated heterocycles. The van der Waals surface area contributed by atoms with Crippen LogP contribution in [0.2, 0.25) is 0 Å². The number of amides is 2. The number of carbonyl (C=O) groups is 4. The first-order valence-corrected chi connectivity index (χ1v) is 13.6. The van der Waals surface area contributed by atoms with Crippen LogP contribution in [-0.2, 0) is 39.7 Å². The summed E-state index contributed by atoms with van der Waals surface area (Å²) in [5.74, 6) is -0.643. The van der Waals surface area contributed by atoms with Crippen LogP contribution in [0.4, 0.5) is 9.59 Å². The Balaban J connectivity index is 1.43. The van der Waals surface area contributed by atoms with Crippen molar-refractivity contribution < 1.29 is 47.6 Å². The van der Waals surface area contributed by atoms with Crippen molar-refractivity contribution in [3.05, 3.63) is 66.8 Å². The third-order valence-electron chi connectivity index (χ3n) is 6.10. The lowest BCUT2D eigenvalue weighted by atomic mass is 9.87. The zero-order chi connectivity index (χ0) is 30.2. The minimum Gasteiger partial charge on any atom is -0.460 e. The second kappa shape index (κ2) is 17.4. The summed E-state index contributed by atoms with van der Waals surface area (Å²) in [5, 5.41) is 7.10. The molecule has 3 rings (SSSR count). The van der Waals surface area contributed by atoms with Crippen LogP contribution in [0.15, 0.2) is 55.6 Å². The van der Waals surface area contributed by atoms with Crippen molar-refractivity contribution in [3.8, 4) is 5.75 Å². The van der Waals surface area contributed by atoms with Crippen molar-refractivity contribution in [2.24, 2.45) is 0 Å². The van der Waals surface area contributed by atoms with E-state index in [9.17, 15) is 19.2 Å². The average molecular weight is 585 g/mol. The molecule has 2 N–H and O–H groups in total. The van der Waals surface area contributed by atoms with Gasteiger partial charge in [0.15, 0.2) is 0 Å². The molecule has 12 heteroatoms. The van der Waals surface area contributed by atoms with E-state index >= 15 is 0 Å². The van der Waals surface area contributed by atoms with Gasteiger partial charge in [-0.3, -0.25) is 0 Å². The molecule has 2 aromatic carbocycles. The highest BCUT2D eigenvalue weighted by atomic mass is 16.6. The molecular formula is C30H36N2O10. The molecular weight excluding hydrogens is 548 g/mol. The highest BCUT2D eigenvalue weighted by molar-refractivity contribution is 5.86. The summed E-state index contributed by atoms with van der Waals surface area (Å²) in [6.45, 7) is 8.20. The van der Waals surface area contributed by atoms with Crippen LogP contribution in [0.5, 0.6) is 5.75 Å². The van der Waals surface area contributed by atoms with Crippen molar-refractivity contribution in [1.29, 1.82) is 0 Å². The molecule has 0 saturated carbocycles. The maximum Gasteiger partial charge on any atom is 0.412 e. The topological polar surface area (TPSA) is 148 Å². The van der Waals surface area contributed by atoms with Crippen LogP contribution < -0.4 is 15.4 Å². The Morgan fingerprint density at radius 1 is 0.786 bits per heavy atom. The van der Waals surface area contributed by atoms with Gasteiger partial charge < -0.3 is 39.1 Å². The van der Waals surface area contributed by atoms with E-state index < -0.39 is 24.1 Å². The molecule has 0 aliphatic heterocycles. The number of carbonyl (C=O) groups excluding carboxylic acids is 4. The van der Waals surface area contributed by atoms with Crippen molar-refractivity contribution in [2.45, 2.75) is 25.4 Å². The number of hydrogen-bond donors (Lipinski definition) is 2. The second-order valence-electron chi connectivity index (χ2n) is 9.06. The molecule has 12 nitrogen and oxygen atoms in total. The van der Waals surface area contributed by atoms with Crippen LogP contribution in [0.25, 0.3) is 10.8 Å². The first kappa shape index (κ1) is 32.1. The number of ether oxygens (including phenoxy) is 6. The number of benzene rings is 2. The van der Waals surface area contributed by atoms with Crippen LogP contribution >= 0.6 is 0 Å². The molecule has 2 amide bonds. The molecule has 0 spiro atoms. The smallest absolute Gasteiger partial charge is 0.412 e. The number of nitrogens with one attached hydrogen (secondary N) is 2. The fraction of sp³-hybridized carbons (Fsp3) is 0.400. The number of rotatable bonds is 16. The molecule has 2 aromatic rings. The van der Waals surface area contributed by atoms with Gasteiger partial charge >= 0.3 is 24.1 Å². The van der Waals surface area contributed by atoms with E-state index in [-0.39, 0.29) is 58.8 Å². The molecule has 1 aliphatic rings. The number of alkyl carbamates (subject to hydrolysis) is 1. The Bertz CT molecular complexity index is 1260. The van der Waals surface area contributed by atoms with Gasteiger partial charge in [0.05, 0.1) is 26.4 Å². The maximum atomic E-state index is 12.4. The summed E-state index contributed by atoms with van der Waals surface area (Å²) < 4.78 is 31.3. The summed E-state index contributed by atoms with van der Waals surface area (Å²) in [4.78, 5) is 46.5. The third kappa shape index (κ3) is 10.9. The lowest BCUT2D eigenvalue weighted by Gasteiger charge is -2.26. The standard InChI is InChI=1S/C30H36N2O10/c1-3-27(33)39-16-14-37-12-10-31-29(35)41-24-9-8-21-20-25-22(18-23(21)19-24)6-5-7-26(25)42-30(36)32-11-13-38-15-17-40-28(34)4-2/h3-4,8-9,18-20,26H,1-2,5-7,10-17H2,(H,31,35)(H,32,36). The molecule has 0 bridgehead atoms. The molecule has 0 fully saturated rings. The van der Waals surface area contributed by atoms with Gasteiger partial charge in [-0.15, -0.1) is 0 Å². The SMILES string of the molecule is C=CC(=O)OCCOCCNC(=O)Oc1ccc2cc3c(cc2c1)CCCC3OC(=O)NCCOCCOC(=O)C=C. The molecule has 1 aliphatic carbocycles. The summed E-state index contributed by atoms with van der Waals surface area (Å²) in [7, 11) is 0. The van der Waals surface area contributed by atoms with Crippen LogP contribution in [0.3, 0.4) is 0 Å². The normalized spacial score (nSPS) is 13.8. The zero-order valence-corrected chi connectivity index (χ0v) is 23.4. The first-order valence-electron chi connectivity index (χ1n) is 13.6. The van der Waals surface area contributed by atoms with Crippen LogP contribution in [0, 0.1) is 0 Å². The van der Waals surface area contributed by atoms with Gasteiger partial charge in [0.2, 0.25) is 0 Å². The molecule has 226 valence electrons. The summed E-state index contributed by atoms with van der Waals surface area (Å²) >= 11 is 0. The summed E-state index contributed by atoms with van der Waals surface area (Å²) in [5.41, 5.74) is 2.02. The fourth-order valence-electron chi connectivity index (χ4n) is 4.16. The lowest BCUT2D eigenvalue weighted by Crippen LogP contribution is -2.30. The Morgan fingerprint density at radius 2 is 1.43 bits per heavy atom. The van der Waals surface area contributed by atoms with Gasteiger partial charge in [-0.2, -0.15) is 0 Å². The maximum absolute atomic E-state index is 12.4. The predicted octanol–water partition coefficient (Wildman–Crippen LogP) is 3.52. The second-order valence-corrected chi connectivity index (χ2v) is 9.06. The van der Waals surface area contributed by atoms with E-state index in [4.69, 9.17) is 28.4 Å². The van der Waals surface area contributed by atoms with Gasteiger partial charge in [0.1, 0.15) is 25.1 Å². The first-order chi connectivity index (χ1) is 20.4. The van der Waals surface area contributed by atoms with E-state index in [0.29, 0.717) is 12.2 Å². The molecule has 0 radical (unpaired) electrons. The largest absolute Gasteiger partial charge is 0.460 e. The van der Waals surface area contributed by atoms with Crippen molar-refractivity contribution in [2.75, 3.05) is 52.7 Å². The van der Waals surface area contributed by atoms with Crippen molar-refractivity contribution in [3.63, 3.8) is 0 Å². The van der Waals surface area contributed by atoms with Crippen molar-refractivity contribution in [1.82, 2.24) is 10.6 Å². The van der Waals surface area contributed by atoms with E-state index in [0.717, 1.165) is 46.9 Å². The van der Waals surface area contributed by atoms with Crippen LogP contribution in [0.1, 0.15) is 30.1 Å². The quantitative estimate of drug-likeness (QED) is 0.130. The van der Waals surface area contributed by atoms with Gasteiger partial charge in [-0.1, -0.05) is 25.3 Å². The van der Waals surface area contributed by atoms with Gasteiger partial charge in [-0.05, 0) is 59.4 Å². The number of hydrogen-bond acceptors (Lipinski definition) is 10. The summed E-state index contributed by atoms with van der Waals surface area (Å²) in [6.07, 6.45) is 3.04. The number of fused-ring (bicyclic) bond motifs is 2. The average Bonchev–Trinajstić information content (AvgIpc) is 2.99. The minimum atomic E-state index is -0.616. The lowest BCUT2D eigenvalue weighted by molar-refractivity contribution is -0.140. The third-order valence-corrected chi connectivity index (χ3v) is 6.10. The molecule has 0 heterocycles. The Hall–Kier alpha value is -4.42. The number of esters is 2. The molecule has 1 atom stereocenters. The van der Waals surface area contributed by atoms with Gasteiger partial charge in [0, 0.05) is 25.2 Å². The highest BCUT2D eigenvalue weighted by Crippen LogP contribution is 2.36. The zero-order valence-electron chi connectivity index (χ0n) is 23.4. The Kier molecular flexibility index (Phi) is 13.3. The van der Waals surface area contributed by atoms with E-state index in [1.807, 2.05) is 18.2 Å². The Morgan fingerprint density at radius 3 is 2.07 bits per heavy atom. The van der Waals surface area contributed by atoms with Gasteiger partial charge in [-0.25, -0.2) is 19.2 Å². The minimum absolute atomic E-state index is 0.102. The molecule has 0 aromatic heterocycles.